The predicted molar refractivity (Wildman–Crippen MR) is 148 cm³/mol. The molecule has 0 radical (unpaired) electrons. The molecule has 0 bridgehead atoms. The quantitative estimate of drug-likeness (QED) is 0.203. The molecule has 3 aromatic carbocycles. The Labute approximate surface area is 235 Å². The number of hydrogen-bond donors (Lipinski definition) is 1. The van der Waals surface area contributed by atoms with Crippen molar-refractivity contribution in [2.24, 2.45) is 0 Å². The minimum absolute atomic E-state index is 0.0230. The van der Waals surface area contributed by atoms with Crippen molar-refractivity contribution in [2.45, 2.75) is 26.4 Å². The van der Waals surface area contributed by atoms with Crippen LogP contribution in [0.4, 0.5) is 5.69 Å². The van der Waals surface area contributed by atoms with E-state index < -0.39 is 16.8 Å². The van der Waals surface area contributed by atoms with Crippen molar-refractivity contribution in [3.63, 3.8) is 0 Å². The maximum atomic E-state index is 13.7. The maximum Gasteiger partial charge on any atom is 0.336 e. The third-order valence-corrected chi connectivity index (χ3v) is 7.13. The SMILES string of the molecule is CCOc1cc([C@H]2C(C(=O)OC)=C(C)NC3=C2C(=O)c2ccccc23)cc(Cl)c1OCc1ccc([N+](=O)[O-])cc1. The number of hydrogen-bond acceptors (Lipinski definition) is 8. The highest BCUT2D eigenvalue weighted by Crippen LogP contribution is 2.49. The van der Waals surface area contributed by atoms with Crippen LogP contribution in [0.5, 0.6) is 11.5 Å². The number of rotatable bonds is 8. The smallest absolute Gasteiger partial charge is 0.336 e. The van der Waals surface area contributed by atoms with Crippen molar-refractivity contribution in [1.29, 1.82) is 0 Å². The molecule has 3 aromatic rings. The summed E-state index contributed by atoms with van der Waals surface area (Å²) in [6, 6.07) is 16.6. The summed E-state index contributed by atoms with van der Waals surface area (Å²) in [6.45, 7) is 3.96. The van der Waals surface area contributed by atoms with E-state index in [9.17, 15) is 19.7 Å². The van der Waals surface area contributed by atoms with Crippen LogP contribution in [-0.4, -0.2) is 30.4 Å². The van der Waals surface area contributed by atoms with Crippen LogP contribution >= 0.6 is 11.6 Å². The number of nitro groups is 1. The van der Waals surface area contributed by atoms with E-state index >= 15 is 0 Å². The van der Waals surface area contributed by atoms with Gasteiger partial charge in [0.25, 0.3) is 5.69 Å². The summed E-state index contributed by atoms with van der Waals surface area (Å²) >= 11 is 6.75. The zero-order valence-electron chi connectivity index (χ0n) is 21.9. The van der Waals surface area contributed by atoms with E-state index in [4.69, 9.17) is 25.8 Å². The van der Waals surface area contributed by atoms with Gasteiger partial charge in [0.15, 0.2) is 17.3 Å². The number of nitro benzene ring substituents is 1. The first kappa shape index (κ1) is 27.0. The summed E-state index contributed by atoms with van der Waals surface area (Å²) in [6.07, 6.45) is 0. The zero-order valence-corrected chi connectivity index (χ0v) is 22.7. The van der Waals surface area contributed by atoms with Crippen LogP contribution in [-0.2, 0) is 16.1 Å². The molecule has 204 valence electrons. The molecule has 5 rings (SSSR count). The summed E-state index contributed by atoms with van der Waals surface area (Å²) < 4.78 is 17.0. The first-order valence-corrected chi connectivity index (χ1v) is 12.9. The van der Waals surface area contributed by atoms with Crippen LogP contribution in [0, 0.1) is 10.1 Å². The van der Waals surface area contributed by atoms with Gasteiger partial charge in [-0.25, -0.2) is 4.79 Å². The van der Waals surface area contributed by atoms with Gasteiger partial charge in [0.05, 0.1) is 34.9 Å². The Morgan fingerprint density at radius 3 is 2.42 bits per heavy atom. The Kier molecular flexibility index (Phi) is 7.32. The molecule has 0 spiro atoms. The van der Waals surface area contributed by atoms with Gasteiger partial charge in [-0.3, -0.25) is 14.9 Å². The first-order chi connectivity index (χ1) is 19.2. The fourth-order valence-corrected chi connectivity index (χ4v) is 5.34. The Bertz CT molecular complexity index is 1610. The van der Waals surface area contributed by atoms with Gasteiger partial charge in [-0.05, 0) is 49.2 Å². The van der Waals surface area contributed by atoms with Crippen molar-refractivity contribution < 1.29 is 28.7 Å². The molecular formula is C30H25ClN2O7. The van der Waals surface area contributed by atoms with Gasteiger partial charge in [-0.2, -0.15) is 0 Å². The van der Waals surface area contributed by atoms with Gasteiger partial charge < -0.3 is 19.5 Å². The fraction of sp³-hybridized carbons (Fsp3) is 0.200. The number of nitrogens with zero attached hydrogens (tertiary/aromatic N) is 1. The highest BCUT2D eigenvalue weighted by Gasteiger charge is 2.43. The second kappa shape index (κ2) is 10.9. The summed E-state index contributed by atoms with van der Waals surface area (Å²) in [5.74, 6) is -0.931. The number of ketones is 1. The van der Waals surface area contributed by atoms with E-state index in [1.165, 1.54) is 19.2 Å². The first-order valence-electron chi connectivity index (χ1n) is 12.5. The van der Waals surface area contributed by atoms with Crippen LogP contribution in [0.2, 0.25) is 5.02 Å². The number of non-ortho nitro benzene ring substituents is 1. The number of fused-ring (bicyclic) bond motifs is 2. The largest absolute Gasteiger partial charge is 0.490 e. The number of allylic oxidation sites excluding steroid dienone is 2. The van der Waals surface area contributed by atoms with Gasteiger partial charge in [-0.15, -0.1) is 0 Å². The van der Waals surface area contributed by atoms with Gasteiger partial charge in [0, 0.05) is 40.4 Å². The number of carbonyl (C=O) groups is 2. The number of halogens is 1. The summed E-state index contributed by atoms with van der Waals surface area (Å²) in [5, 5.41) is 14.4. The molecule has 2 aliphatic rings. The van der Waals surface area contributed by atoms with Crippen molar-refractivity contribution in [3.8, 4) is 11.5 Å². The highest BCUT2D eigenvalue weighted by molar-refractivity contribution is 6.32. The minimum atomic E-state index is -0.774. The number of nitrogens with one attached hydrogen (secondary N) is 1. The standard InChI is InChI=1S/C30H25ClN2O7/c1-4-39-23-14-18(13-22(31)29(23)40-15-17-9-11-19(12-10-17)33(36)37)25-24(30(35)38-3)16(2)32-27-20-7-5-6-8-21(20)28(34)26(25)27/h5-14,25,32H,4,15H2,1-3H3/t25-/m0/s1. The number of methoxy groups -OCH3 is 1. The Hall–Kier alpha value is -4.63. The molecule has 1 atom stereocenters. The minimum Gasteiger partial charge on any atom is -0.490 e. The lowest BCUT2D eigenvalue weighted by atomic mass is 9.79. The molecule has 10 heteroatoms. The van der Waals surface area contributed by atoms with E-state index in [1.54, 1.807) is 43.3 Å². The van der Waals surface area contributed by atoms with Crippen LogP contribution in [0.25, 0.3) is 5.70 Å². The molecule has 1 aliphatic heterocycles. The fourth-order valence-electron chi connectivity index (χ4n) is 5.07. The molecule has 40 heavy (non-hydrogen) atoms. The zero-order chi connectivity index (χ0) is 28.6. The highest BCUT2D eigenvalue weighted by atomic mass is 35.5. The summed E-state index contributed by atoms with van der Waals surface area (Å²) in [7, 11) is 1.29. The Morgan fingerprint density at radius 2 is 1.77 bits per heavy atom. The van der Waals surface area contributed by atoms with Crippen molar-refractivity contribution >= 4 is 34.7 Å². The molecule has 0 saturated carbocycles. The van der Waals surface area contributed by atoms with E-state index in [0.29, 0.717) is 51.6 Å². The number of Topliss-reactive ketones (excluding diaryl/α,β-unsaturated/α-hetero) is 1. The number of carbonyl (C=O) groups excluding carboxylic acids is 2. The number of esters is 1. The average molecular weight is 561 g/mol. The monoisotopic (exact) mass is 560 g/mol. The summed E-state index contributed by atoms with van der Waals surface area (Å²) in [5.41, 5.74) is 4.46. The molecule has 0 fully saturated rings. The molecule has 0 unspecified atom stereocenters. The van der Waals surface area contributed by atoms with Crippen molar-refractivity contribution in [2.75, 3.05) is 13.7 Å². The van der Waals surface area contributed by atoms with Crippen LogP contribution in [0.3, 0.4) is 0 Å². The van der Waals surface area contributed by atoms with Gasteiger partial charge in [0.2, 0.25) is 0 Å². The Balaban J connectivity index is 1.57. The Morgan fingerprint density at radius 1 is 1.07 bits per heavy atom. The molecule has 9 nitrogen and oxygen atoms in total. The van der Waals surface area contributed by atoms with Crippen molar-refractivity contribution in [1.82, 2.24) is 5.32 Å². The normalized spacial score (nSPS) is 15.8. The lowest BCUT2D eigenvalue weighted by molar-refractivity contribution is -0.384. The average Bonchev–Trinajstić information content (AvgIpc) is 3.23. The number of benzene rings is 3. The van der Waals surface area contributed by atoms with E-state index in [-0.39, 0.29) is 28.8 Å². The number of ether oxygens (including phenoxy) is 3. The maximum absolute atomic E-state index is 13.7. The third-order valence-electron chi connectivity index (χ3n) is 6.85. The van der Waals surface area contributed by atoms with Gasteiger partial charge in [0.1, 0.15) is 6.61 Å². The summed E-state index contributed by atoms with van der Waals surface area (Å²) in [4.78, 5) is 37.2. The molecule has 1 N–H and O–H groups in total. The number of dihydropyridines is 1. The lowest BCUT2D eigenvalue weighted by Crippen LogP contribution is -2.29. The third kappa shape index (κ3) is 4.69. The molecule has 1 heterocycles. The van der Waals surface area contributed by atoms with Gasteiger partial charge in [-0.1, -0.05) is 35.9 Å². The van der Waals surface area contributed by atoms with Crippen LogP contribution < -0.4 is 14.8 Å². The topological polar surface area (TPSA) is 117 Å². The molecule has 0 saturated heterocycles. The van der Waals surface area contributed by atoms with E-state index in [2.05, 4.69) is 5.32 Å². The molecule has 0 amide bonds. The molecule has 1 aliphatic carbocycles. The second-order valence-corrected chi connectivity index (χ2v) is 9.63. The van der Waals surface area contributed by atoms with E-state index in [1.807, 2.05) is 19.1 Å². The second-order valence-electron chi connectivity index (χ2n) is 9.23. The lowest BCUT2D eigenvalue weighted by Gasteiger charge is -2.29. The van der Waals surface area contributed by atoms with Gasteiger partial charge >= 0.3 is 5.97 Å². The molecular weight excluding hydrogens is 536 g/mol. The van der Waals surface area contributed by atoms with Crippen LogP contribution in [0.1, 0.15) is 46.8 Å². The van der Waals surface area contributed by atoms with Crippen molar-refractivity contribution in [3.05, 3.63) is 115 Å². The van der Waals surface area contributed by atoms with E-state index in [0.717, 1.165) is 5.56 Å². The van der Waals surface area contributed by atoms with Crippen LogP contribution in [0.15, 0.2) is 77.5 Å². The molecule has 0 aromatic heterocycles. The predicted octanol–water partition coefficient (Wildman–Crippen LogP) is 5.97.